The summed E-state index contributed by atoms with van der Waals surface area (Å²) in [5, 5.41) is 11.8. The molecule has 0 radical (unpaired) electrons. The molecule has 0 aliphatic carbocycles. The minimum atomic E-state index is -1.39. The highest BCUT2D eigenvalue weighted by molar-refractivity contribution is 6.00. The number of hydrogen-bond donors (Lipinski definition) is 3. The van der Waals surface area contributed by atoms with Gasteiger partial charge in [0.05, 0.1) is 18.5 Å². The highest BCUT2D eigenvalue weighted by Crippen LogP contribution is 2.29. The van der Waals surface area contributed by atoms with Crippen molar-refractivity contribution in [1.29, 1.82) is 0 Å². The lowest BCUT2D eigenvalue weighted by atomic mass is 10.1. The Kier molecular flexibility index (Phi) is 3.93. The Morgan fingerprint density at radius 2 is 1.95 bits per heavy atom. The van der Waals surface area contributed by atoms with Gasteiger partial charge in [-0.1, -0.05) is 0 Å². The molecule has 0 unspecified atom stereocenters. The van der Waals surface area contributed by atoms with Crippen LogP contribution in [0.5, 0.6) is 5.75 Å². The second-order valence-electron chi connectivity index (χ2n) is 4.16. The molecule has 0 aromatic heterocycles. The van der Waals surface area contributed by atoms with Gasteiger partial charge in [0.2, 0.25) is 0 Å². The van der Waals surface area contributed by atoms with Gasteiger partial charge >= 0.3 is 5.97 Å². The van der Waals surface area contributed by atoms with Crippen molar-refractivity contribution in [2.24, 2.45) is 0 Å². The van der Waals surface area contributed by atoms with E-state index in [1.54, 1.807) is 0 Å². The molecule has 0 fully saturated rings. The first-order valence-electron chi connectivity index (χ1n) is 5.86. The predicted octanol–water partition coefficient (Wildman–Crippen LogP) is 3.00. The number of anilines is 3. The molecule has 4 N–H and O–H groups in total. The zero-order valence-electron chi connectivity index (χ0n) is 11.0. The maximum absolute atomic E-state index is 13.6. The molecule has 2 aromatic carbocycles. The summed E-state index contributed by atoms with van der Waals surface area (Å²) >= 11 is 0. The molecule has 110 valence electrons. The molecule has 0 heterocycles. The molecular weight excluding hydrogens is 282 g/mol. The van der Waals surface area contributed by atoms with Gasteiger partial charge in [0.1, 0.15) is 11.4 Å². The molecule has 7 heteroatoms. The van der Waals surface area contributed by atoms with Crippen LogP contribution in [0, 0.1) is 11.6 Å². The number of carbonyl (C=O) groups is 1. The lowest BCUT2D eigenvalue weighted by Crippen LogP contribution is -2.08. The number of hydrogen-bond acceptors (Lipinski definition) is 4. The number of carboxylic acid groups (broad SMARTS) is 1. The molecule has 0 aliphatic heterocycles. The number of ether oxygens (including phenoxy) is 1. The number of nitrogens with one attached hydrogen (secondary N) is 1. The van der Waals surface area contributed by atoms with Crippen LogP contribution in [0.1, 0.15) is 10.4 Å². The lowest BCUT2D eigenvalue weighted by molar-refractivity contribution is 0.0698. The number of aromatic carboxylic acids is 1. The largest absolute Gasteiger partial charge is 0.494 e. The number of nitrogens with two attached hydrogens (primary N) is 1. The first kappa shape index (κ1) is 14.6. The van der Waals surface area contributed by atoms with Crippen LogP contribution in [-0.4, -0.2) is 18.2 Å². The Balaban J connectivity index is 2.42. The second kappa shape index (κ2) is 5.66. The van der Waals surface area contributed by atoms with Crippen LogP contribution in [0.25, 0.3) is 0 Å². The van der Waals surface area contributed by atoms with Crippen molar-refractivity contribution in [2.45, 2.75) is 0 Å². The van der Waals surface area contributed by atoms with Gasteiger partial charge in [-0.05, 0) is 24.3 Å². The van der Waals surface area contributed by atoms with E-state index in [2.05, 4.69) is 5.32 Å². The van der Waals surface area contributed by atoms with Crippen LogP contribution in [0.3, 0.4) is 0 Å². The fourth-order valence-electron chi connectivity index (χ4n) is 1.83. The van der Waals surface area contributed by atoms with Crippen LogP contribution >= 0.6 is 0 Å². The van der Waals surface area contributed by atoms with Crippen LogP contribution in [0.15, 0.2) is 30.3 Å². The molecule has 0 saturated carbocycles. The Morgan fingerprint density at radius 3 is 2.52 bits per heavy atom. The third-order valence-electron chi connectivity index (χ3n) is 2.84. The number of benzene rings is 2. The average molecular weight is 294 g/mol. The topological polar surface area (TPSA) is 84.6 Å². The van der Waals surface area contributed by atoms with E-state index in [-0.39, 0.29) is 17.1 Å². The van der Waals surface area contributed by atoms with Crippen molar-refractivity contribution in [3.63, 3.8) is 0 Å². The molecule has 0 atom stereocenters. The Morgan fingerprint density at radius 1 is 1.24 bits per heavy atom. The number of carboxylic acids is 1. The van der Waals surface area contributed by atoms with Gasteiger partial charge < -0.3 is 20.9 Å². The summed E-state index contributed by atoms with van der Waals surface area (Å²) in [7, 11) is 1.33. The van der Waals surface area contributed by atoms with E-state index >= 15 is 0 Å². The summed E-state index contributed by atoms with van der Waals surface area (Å²) in [5.41, 5.74) is 4.87. The van der Waals surface area contributed by atoms with Crippen LogP contribution in [-0.2, 0) is 0 Å². The molecule has 0 spiro atoms. The summed E-state index contributed by atoms with van der Waals surface area (Å²) in [6, 6.07) is 6.25. The minimum Gasteiger partial charge on any atom is -0.494 e. The molecule has 0 amide bonds. The predicted molar refractivity (Wildman–Crippen MR) is 74.0 cm³/mol. The van der Waals surface area contributed by atoms with E-state index < -0.39 is 28.9 Å². The number of nitrogen functional groups attached to an aromatic ring is 1. The standard InChI is InChI=1S/C14H12F2N2O3/c1-21-11-5-2-7(6-9(11)16)18-10-4-3-8(15)13(17)12(10)14(19)20/h2-6,18H,17H2,1H3,(H,19,20). The SMILES string of the molecule is COc1ccc(Nc2ccc(F)c(N)c2C(=O)O)cc1F. The van der Waals surface area contributed by atoms with Crippen LogP contribution in [0.4, 0.5) is 25.8 Å². The smallest absolute Gasteiger partial charge is 0.340 e. The van der Waals surface area contributed by atoms with E-state index in [9.17, 15) is 13.6 Å². The van der Waals surface area contributed by atoms with E-state index in [1.807, 2.05) is 0 Å². The van der Waals surface area contributed by atoms with Crippen molar-refractivity contribution in [3.05, 3.63) is 47.5 Å². The Bertz CT molecular complexity index is 705. The van der Waals surface area contributed by atoms with Crippen molar-refractivity contribution in [3.8, 4) is 5.75 Å². The Hall–Kier alpha value is -2.83. The monoisotopic (exact) mass is 294 g/mol. The second-order valence-corrected chi connectivity index (χ2v) is 4.16. The number of methoxy groups -OCH3 is 1. The first-order valence-corrected chi connectivity index (χ1v) is 5.86. The molecule has 0 bridgehead atoms. The summed E-state index contributed by atoms with van der Waals surface area (Å²) in [4.78, 5) is 11.2. The average Bonchev–Trinajstić information content (AvgIpc) is 2.43. The summed E-state index contributed by atoms with van der Waals surface area (Å²) in [6.07, 6.45) is 0. The molecule has 2 aromatic rings. The van der Waals surface area contributed by atoms with E-state index in [0.717, 1.165) is 12.1 Å². The summed E-state index contributed by atoms with van der Waals surface area (Å²) in [6.45, 7) is 0. The Labute approximate surface area is 119 Å². The van der Waals surface area contributed by atoms with Crippen LogP contribution in [0.2, 0.25) is 0 Å². The third kappa shape index (κ3) is 2.86. The van der Waals surface area contributed by atoms with Crippen molar-refractivity contribution in [1.82, 2.24) is 0 Å². The van der Waals surface area contributed by atoms with Crippen molar-refractivity contribution in [2.75, 3.05) is 18.2 Å². The van der Waals surface area contributed by atoms with Gasteiger partial charge in [-0.25, -0.2) is 13.6 Å². The van der Waals surface area contributed by atoms with Gasteiger partial charge in [-0.2, -0.15) is 0 Å². The highest BCUT2D eigenvalue weighted by atomic mass is 19.1. The summed E-state index contributed by atoms with van der Waals surface area (Å²) < 4.78 is 31.7. The van der Waals surface area contributed by atoms with Gasteiger partial charge in [-0.15, -0.1) is 0 Å². The number of rotatable bonds is 4. The normalized spacial score (nSPS) is 10.2. The highest BCUT2D eigenvalue weighted by Gasteiger charge is 2.18. The zero-order valence-corrected chi connectivity index (χ0v) is 11.0. The molecule has 2 rings (SSSR count). The quantitative estimate of drug-likeness (QED) is 0.755. The fourth-order valence-corrected chi connectivity index (χ4v) is 1.83. The zero-order chi connectivity index (χ0) is 15.6. The lowest BCUT2D eigenvalue weighted by Gasteiger charge is -2.12. The molecule has 21 heavy (non-hydrogen) atoms. The summed E-state index contributed by atoms with van der Waals surface area (Å²) in [5.74, 6) is -2.78. The molecular formula is C14H12F2N2O3. The molecule has 0 saturated heterocycles. The fraction of sp³-hybridized carbons (Fsp3) is 0.0714. The van der Waals surface area contributed by atoms with E-state index in [0.29, 0.717) is 0 Å². The van der Waals surface area contributed by atoms with Gasteiger partial charge in [0.15, 0.2) is 11.6 Å². The molecule has 0 aliphatic rings. The van der Waals surface area contributed by atoms with E-state index in [4.69, 9.17) is 15.6 Å². The number of halogens is 2. The van der Waals surface area contributed by atoms with Crippen molar-refractivity contribution < 1.29 is 23.4 Å². The van der Waals surface area contributed by atoms with Crippen LogP contribution < -0.4 is 15.8 Å². The maximum Gasteiger partial charge on any atom is 0.340 e. The van der Waals surface area contributed by atoms with Crippen molar-refractivity contribution >= 4 is 23.0 Å². The van der Waals surface area contributed by atoms with Gasteiger partial charge in [0, 0.05) is 11.8 Å². The van der Waals surface area contributed by atoms with Gasteiger partial charge in [0.25, 0.3) is 0 Å². The molecule has 5 nitrogen and oxygen atoms in total. The maximum atomic E-state index is 13.6. The van der Waals surface area contributed by atoms with E-state index in [1.165, 1.54) is 25.3 Å². The minimum absolute atomic E-state index is 0.0534. The van der Waals surface area contributed by atoms with Gasteiger partial charge in [-0.3, -0.25) is 0 Å². The first-order chi connectivity index (χ1) is 9.93. The third-order valence-corrected chi connectivity index (χ3v) is 2.84.